The molecule has 0 spiro atoms. The van der Waals surface area contributed by atoms with E-state index in [1.165, 1.54) is 18.3 Å². The highest BCUT2D eigenvalue weighted by atomic mass is 35.5. The minimum absolute atomic E-state index is 0.0563. The largest absolute Gasteiger partial charge is 0.243 e. The SMILES string of the molecule is CC(CNS(=O)(=O)c1ccc(Cl)nc1)C(C)(C)C. The molecule has 1 aromatic rings. The average molecular weight is 291 g/mol. The van der Waals surface area contributed by atoms with Gasteiger partial charge < -0.3 is 0 Å². The zero-order valence-electron chi connectivity index (χ0n) is 11.1. The smallest absolute Gasteiger partial charge is 0.242 e. The number of halogens is 1. The quantitative estimate of drug-likeness (QED) is 0.867. The summed E-state index contributed by atoms with van der Waals surface area (Å²) in [5, 5.41) is 0.275. The summed E-state index contributed by atoms with van der Waals surface area (Å²) in [4.78, 5) is 3.90. The Morgan fingerprint density at radius 2 is 2.00 bits per heavy atom. The van der Waals surface area contributed by atoms with E-state index in [2.05, 4.69) is 30.5 Å². The van der Waals surface area contributed by atoms with Gasteiger partial charge in [-0.25, -0.2) is 18.1 Å². The predicted molar refractivity (Wildman–Crippen MR) is 73.1 cm³/mol. The Morgan fingerprint density at radius 1 is 1.39 bits per heavy atom. The van der Waals surface area contributed by atoms with Gasteiger partial charge in [-0.3, -0.25) is 0 Å². The fourth-order valence-electron chi connectivity index (χ4n) is 1.15. The van der Waals surface area contributed by atoms with Gasteiger partial charge in [0.1, 0.15) is 10.0 Å². The molecule has 0 fully saturated rings. The van der Waals surface area contributed by atoms with Gasteiger partial charge in [0.25, 0.3) is 0 Å². The fraction of sp³-hybridized carbons (Fsp3) is 0.583. The minimum Gasteiger partial charge on any atom is -0.243 e. The summed E-state index contributed by atoms with van der Waals surface area (Å²) in [6.45, 7) is 8.65. The molecule has 0 saturated carbocycles. The molecule has 1 aromatic heterocycles. The van der Waals surface area contributed by atoms with Crippen molar-refractivity contribution >= 4 is 21.6 Å². The molecule has 0 aromatic carbocycles. The van der Waals surface area contributed by atoms with E-state index in [0.29, 0.717) is 6.54 Å². The van der Waals surface area contributed by atoms with Gasteiger partial charge in [-0.15, -0.1) is 0 Å². The maximum Gasteiger partial charge on any atom is 0.242 e. The Kier molecular flexibility index (Phi) is 4.75. The first-order valence-electron chi connectivity index (χ1n) is 5.74. The summed E-state index contributed by atoms with van der Waals surface area (Å²) in [6, 6.07) is 2.91. The molecule has 102 valence electrons. The van der Waals surface area contributed by atoms with Crippen molar-refractivity contribution in [3.63, 3.8) is 0 Å². The Bertz CT molecular complexity index is 492. The van der Waals surface area contributed by atoms with Gasteiger partial charge in [0.2, 0.25) is 10.0 Å². The van der Waals surface area contributed by atoms with Gasteiger partial charge >= 0.3 is 0 Å². The van der Waals surface area contributed by atoms with Crippen LogP contribution in [0.3, 0.4) is 0 Å². The van der Waals surface area contributed by atoms with Crippen molar-refractivity contribution in [1.29, 1.82) is 0 Å². The maximum atomic E-state index is 12.0. The molecule has 1 heterocycles. The van der Waals surface area contributed by atoms with Crippen molar-refractivity contribution in [1.82, 2.24) is 9.71 Å². The highest BCUT2D eigenvalue weighted by molar-refractivity contribution is 7.89. The second-order valence-corrected chi connectivity index (χ2v) is 7.59. The fourth-order valence-corrected chi connectivity index (χ4v) is 2.33. The van der Waals surface area contributed by atoms with Gasteiger partial charge in [0.05, 0.1) is 0 Å². The van der Waals surface area contributed by atoms with Crippen LogP contribution in [0.5, 0.6) is 0 Å². The molecule has 0 bridgehead atoms. The first kappa shape index (κ1) is 15.4. The lowest BCUT2D eigenvalue weighted by Gasteiger charge is -2.27. The standard InChI is InChI=1S/C12H19ClN2O2S/c1-9(12(2,3)4)7-15-18(16,17)10-5-6-11(13)14-8-10/h5-6,8-9,15H,7H2,1-4H3. The van der Waals surface area contributed by atoms with Gasteiger partial charge in [0, 0.05) is 12.7 Å². The molecule has 0 aliphatic carbocycles. The Morgan fingerprint density at radius 3 is 2.44 bits per heavy atom. The molecule has 1 unspecified atom stereocenters. The zero-order valence-corrected chi connectivity index (χ0v) is 12.6. The van der Waals surface area contributed by atoms with Crippen LogP contribution >= 0.6 is 11.6 Å². The van der Waals surface area contributed by atoms with Gasteiger partial charge in [0.15, 0.2) is 0 Å². The third kappa shape index (κ3) is 4.23. The molecular formula is C12H19ClN2O2S. The van der Waals surface area contributed by atoms with Crippen molar-refractivity contribution < 1.29 is 8.42 Å². The molecule has 0 saturated heterocycles. The average Bonchev–Trinajstić information content (AvgIpc) is 2.25. The number of aromatic nitrogens is 1. The van der Waals surface area contributed by atoms with Crippen LogP contribution < -0.4 is 4.72 Å². The van der Waals surface area contributed by atoms with E-state index in [0.717, 1.165) is 0 Å². The summed E-state index contributed by atoms with van der Waals surface area (Å²) >= 11 is 5.62. The number of pyridine rings is 1. The van der Waals surface area contributed by atoms with Crippen molar-refractivity contribution in [2.24, 2.45) is 11.3 Å². The number of hydrogen-bond acceptors (Lipinski definition) is 3. The minimum atomic E-state index is -3.50. The van der Waals surface area contributed by atoms with E-state index in [1.807, 2.05) is 6.92 Å². The predicted octanol–water partition coefficient (Wildman–Crippen LogP) is 2.70. The lowest BCUT2D eigenvalue weighted by molar-refractivity contribution is 0.263. The lowest BCUT2D eigenvalue weighted by Crippen LogP contribution is -2.33. The number of hydrogen-bond donors (Lipinski definition) is 1. The molecule has 0 aliphatic heterocycles. The zero-order chi connectivity index (χ0) is 14.0. The molecular weight excluding hydrogens is 272 g/mol. The van der Waals surface area contributed by atoms with Crippen LogP contribution in [0.2, 0.25) is 5.15 Å². The first-order chi connectivity index (χ1) is 8.13. The summed E-state index contributed by atoms with van der Waals surface area (Å²) in [5.41, 5.74) is 0.0563. The van der Waals surface area contributed by atoms with Crippen molar-refractivity contribution in [2.45, 2.75) is 32.6 Å². The van der Waals surface area contributed by atoms with Gasteiger partial charge in [-0.1, -0.05) is 39.3 Å². The Balaban J connectivity index is 2.75. The van der Waals surface area contributed by atoms with Crippen LogP contribution in [0.15, 0.2) is 23.2 Å². The van der Waals surface area contributed by atoms with E-state index in [9.17, 15) is 8.42 Å². The van der Waals surface area contributed by atoms with Crippen LogP contribution in [0.1, 0.15) is 27.7 Å². The normalized spacial score (nSPS) is 14.5. The van der Waals surface area contributed by atoms with Crippen LogP contribution in [-0.2, 0) is 10.0 Å². The van der Waals surface area contributed by atoms with Crippen LogP contribution in [0.25, 0.3) is 0 Å². The van der Waals surface area contributed by atoms with E-state index >= 15 is 0 Å². The first-order valence-corrected chi connectivity index (χ1v) is 7.60. The third-order valence-corrected chi connectivity index (χ3v) is 4.70. The second kappa shape index (κ2) is 5.55. The van der Waals surface area contributed by atoms with E-state index < -0.39 is 10.0 Å². The molecule has 18 heavy (non-hydrogen) atoms. The molecule has 0 amide bonds. The summed E-state index contributed by atoms with van der Waals surface area (Å²) in [5.74, 6) is 0.229. The summed E-state index contributed by atoms with van der Waals surface area (Å²) in [6.07, 6.45) is 1.26. The van der Waals surface area contributed by atoms with Crippen LogP contribution in [0.4, 0.5) is 0 Å². The van der Waals surface area contributed by atoms with Gasteiger partial charge in [-0.05, 0) is 23.5 Å². The summed E-state index contributed by atoms with van der Waals surface area (Å²) < 4.78 is 26.6. The topological polar surface area (TPSA) is 59.1 Å². The molecule has 1 rings (SSSR count). The van der Waals surface area contributed by atoms with Gasteiger partial charge in [-0.2, -0.15) is 0 Å². The van der Waals surface area contributed by atoms with Crippen molar-refractivity contribution in [3.05, 3.63) is 23.5 Å². The summed E-state index contributed by atoms with van der Waals surface area (Å²) in [7, 11) is -3.50. The lowest BCUT2D eigenvalue weighted by atomic mass is 9.82. The molecule has 6 heteroatoms. The van der Waals surface area contributed by atoms with Crippen molar-refractivity contribution in [3.8, 4) is 0 Å². The third-order valence-electron chi connectivity index (χ3n) is 3.07. The van der Waals surface area contributed by atoms with E-state index in [4.69, 9.17) is 11.6 Å². The van der Waals surface area contributed by atoms with E-state index in [1.54, 1.807) is 0 Å². The Labute approximate surface area is 114 Å². The number of nitrogens with zero attached hydrogens (tertiary/aromatic N) is 1. The highest BCUT2D eigenvalue weighted by Gasteiger charge is 2.22. The molecule has 4 nitrogen and oxygen atoms in total. The van der Waals surface area contributed by atoms with Crippen molar-refractivity contribution in [2.75, 3.05) is 6.54 Å². The molecule has 1 N–H and O–H groups in total. The van der Waals surface area contributed by atoms with E-state index in [-0.39, 0.29) is 21.4 Å². The molecule has 0 radical (unpaired) electrons. The molecule has 0 aliphatic rings. The number of sulfonamides is 1. The number of nitrogens with one attached hydrogen (secondary N) is 1. The number of rotatable bonds is 4. The van der Waals surface area contributed by atoms with Crippen LogP contribution in [-0.4, -0.2) is 19.9 Å². The molecule has 1 atom stereocenters. The highest BCUT2D eigenvalue weighted by Crippen LogP contribution is 2.24. The second-order valence-electron chi connectivity index (χ2n) is 5.44. The Hall–Kier alpha value is -0.650. The monoisotopic (exact) mass is 290 g/mol. The van der Waals surface area contributed by atoms with Crippen LogP contribution in [0, 0.1) is 11.3 Å². The maximum absolute atomic E-state index is 12.0.